The summed E-state index contributed by atoms with van der Waals surface area (Å²) in [4.78, 5) is 0. The Morgan fingerprint density at radius 3 is 3.19 bits per heavy atom. The van der Waals surface area contributed by atoms with Gasteiger partial charge in [0, 0.05) is 24.1 Å². The SMILES string of the molecule is Cc1ccc(CNCCC2CSCCN2)o1. The molecule has 4 heteroatoms. The van der Waals surface area contributed by atoms with Crippen LogP contribution in [0.2, 0.25) is 0 Å². The molecular weight excluding hydrogens is 220 g/mol. The van der Waals surface area contributed by atoms with Crippen molar-refractivity contribution in [3.05, 3.63) is 23.7 Å². The Labute approximate surface area is 101 Å². The van der Waals surface area contributed by atoms with Crippen LogP contribution in [0.15, 0.2) is 16.5 Å². The summed E-state index contributed by atoms with van der Waals surface area (Å²) in [6.45, 7) is 5.03. The van der Waals surface area contributed by atoms with Crippen LogP contribution in [0.1, 0.15) is 17.9 Å². The summed E-state index contributed by atoms with van der Waals surface area (Å²) in [5, 5.41) is 6.96. The number of hydrogen-bond donors (Lipinski definition) is 2. The molecule has 1 aliphatic rings. The fourth-order valence-electron chi connectivity index (χ4n) is 1.87. The minimum absolute atomic E-state index is 0.685. The van der Waals surface area contributed by atoms with E-state index in [9.17, 15) is 0 Å². The highest BCUT2D eigenvalue weighted by Crippen LogP contribution is 2.10. The van der Waals surface area contributed by atoms with Gasteiger partial charge in [-0.3, -0.25) is 0 Å². The van der Waals surface area contributed by atoms with Gasteiger partial charge >= 0.3 is 0 Å². The molecule has 1 unspecified atom stereocenters. The van der Waals surface area contributed by atoms with Gasteiger partial charge in [0.15, 0.2) is 0 Å². The highest BCUT2D eigenvalue weighted by Gasteiger charge is 2.11. The molecule has 0 radical (unpaired) electrons. The molecule has 2 rings (SSSR count). The summed E-state index contributed by atoms with van der Waals surface area (Å²) in [6, 6.07) is 4.73. The second-order valence-electron chi connectivity index (χ2n) is 4.20. The van der Waals surface area contributed by atoms with Crippen molar-refractivity contribution in [2.24, 2.45) is 0 Å². The third kappa shape index (κ3) is 3.85. The maximum atomic E-state index is 5.49. The smallest absolute Gasteiger partial charge is 0.117 e. The molecule has 2 N–H and O–H groups in total. The van der Waals surface area contributed by atoms with E-state index in [2.05, 4.69) is 22.4 Å². The second-order valence-corrected chi connectivity index (χ2v) is 5.35. The maximum Gasteiger partial charge on any atom is 0.117 e. The van der Waals surface area contributed by atoms with Gasteiger partial charge in [-0.15, -0.1) is 0 Å². The second kappa shape index (κ2) is 6.33. The van der Waals surface area contributed by atoms with Crippen LogP contribution in [0.5, 0.6) is 0 Å². The van der Waals surface area contributed by atoms with Crippen LogP contribution in [-0.4, -0.2) is 30.6 Å². The predicted octanol–water partition coefficient (Wildman–Crippen LogP) is 1.77. The van der Waals surface area contributed by atoms with E-state index in [1.54, 1.807) is 0 Å². The van der Waals surface area contributed by atoms with Crippen molar-refractivity contribution < 1.29 is 4.42 Å². The Kier molecular flexibility index (Phi) is 4.75. The zero-order chi connectivity index (χ0) is 11.2. The first-order valence-electron chi connectivity index (χ1n) is 5.92. The van der Waals surface area contributed by atoms with Crippen LogP contribution in [-0.2, 0) is 6.54 Å². The standard InChI is InChI=1S/C12H20N2OS/c1-10-2-3-12(15-10)8-13-5-4-11-9-16-7-6-14-11/h2-3,11,13-14H,4-9H2,1H3. The summed E-state index contributed by atoms with van der Waals surface area (Å²) in [6.07, 6.45) is 1.20. The number of rotatable bonds is 5. The van der Waals surface area contributed by atoms with Crippen molar-refractivity contribution in [2.75, 3.05) is 24.6 Å². The van der Waals surface area contributed by atoms with Crippen molar-refractivity contribution in [2.45, 2.75) is 25.9 Å². The zero-order valence-corrected chi connectivity index (χ0v) is 10.6. The molecule has 1 saturated heterocycles. The fourth-order valence-corrected chi connectivity index (χ4v) is 2.87. The third-order valence-electron chi connectivity index (χ3n) is 2.76. The summed E-state index contributed by atoms with van der Waals surface area (Å²) in [5.41, 5.74) is 0. The molecule has 16 heavy (non-hydrogen) atoms. The van der Waals surface area contributed by atoms with E-state index in [4.69, 9.17) is 4.42 Å². The quantitative estimate of drug-likeness (QED) is 0.769. The van der Waals surface area contributed by atoms with Crippen molar-refractivity contribution >= 4 is 11.8 Å². The first-order valence-corrected chi connectivity index (χ1v) is 7.07. The van der Waals surface area contributed by atoms with Gasteiger partial charge < -0.3 is 15.1 Å². The van der Waals surface area contributed by atoms with E-state index in [-0.39, 0.29) is 0 Å². The molecule has 1 fully saturated rings. The van der Waals surface area contributed by atoms with E-state index in [0.717, 1.165) is 31.2 Å². The molecule has 1 atom stereocenters. The largest absolute Gasteiger partial charge is 0.465 e. The lowest BCUT2D eigenvalue weighted by atomic mass is 10.2. The van der Waals surface area contributed by atoms with Crippen molar-refractivity contribution in [1.82, 2.24) is 10.6 Å². The Bertz CT molecular complexity index is 308. The molecule has 0 aromatic carbocycles. The first-order chi connectivity index (χ1) is 7.84. The van der Waals surface area contributed by atoms with Gasteiger partial charge in [-0.2, -0.15) is 11.8 Å². The van der Waals surface area contributed by atoms with Crippen LogP contribution < -0.4 is 10.6 Å². The third-order valence-corrected chi connectivity index (χ3v) is 3.89. The highest BCUT2D eigenvalue weighted by molar-refractivity contribution is 7.99. The molecule has 0 aliphatic carbocycles. The van der Waals surface area contributed by atoms with E-state index in [1.165, 1.54) is 17.9 Å². The van der Waals surface area contributed by atoms with Gasteiger partial charge in [0.05, 0.1) is 6.54 Å². The van der Waals surface area contributed by atoms with Gasteiger partial charge in [0.1, 0.15) is 11.5 Å². The van der Waals surface area contributed by atoms with Crippen molar-refractivity contribution in [3.8, 4) is 0 Å². The molecule has 2 heterocycles. The van der Waals surface area contributed by atoms with E-state index in [0.29, 0.717) is 6.04 Å². The normalized spacial score (nSPS) is 21.2. The van der Waals surface area contributed by atoms with Crippen LogP contribution >= 0.6 is 11.8 Å². The van der Waals surface area contributed by atoms with Gasteiger partial charge in [-0.1, -0.05) is 0 Å². The van der Waals surface area contributed by atoms with E-state index < -0.39 is 0 Å². The number of nitrogens with one attached hydrogen (secondary N) is 2. The summed E-state index contributed by atoms with van der Waals surface area (Å²) >= 11 is 2.05. The number of aryl methyl sites for hydroxylation is 1. The molecule has 90 valence electrons. The minimum atomic E-state index is 0.685. The van der Waals surface area contributed by atoms with E-state index in [1.807, 2.05) is 19.1 Å². The lowest BCUT2D eigenvalue weighted by Gasteiger charge is -2.22. The summed E-state index contributed by atoms with van der Waals surface area (Å²) in [7, 11) is 0. The minimum Gasteiger partial charge on any atom is -0.465 e. The average molecular weight is 240 g/mol. The predicted molar refractivity (Wildman–Crippen MR) is 68.9 cm³/mol. The Hall–Kier alpha value is -0.450. The number of hydrogen-bond acceptors (Lipinski definition) is 4. The summed E-state index contributed by atoms with van der Waals surface area (Å²) in [5.74, 6) is 4.53. The van der Waals surface area contributed by atoms with Gasteiger partial charge in [-0.25, -0.2) is 0 Å². The Balaban J connectivity index is 1.57. The van der Waals surface area contributed by atoms with Gasteiger partial charge in [0.25, 0.3) is 0 Å². The molecule has 1 aliphatic heterocycles. The van der Waals surface area contributed by atoms with Crippen molar-refractivity contribution in [1.29, 1.82) is 0 Å². The molecule has 0 amide bonds. The Morgan fingerprint density at radius 2 is 2.50 bits per heavy atom. The number of thioether (sulfide) groups is 1. The molecule has 0 saturated carbocycles. The highest BCUT2D eigenvalue weighted by atomic mass is 32.2. The molecule has 0 bridgehead atoms. The summed E-state index contributed by atoms with van der Waals surface area (Å²) < 4.78 is 5.49. The lowest BCUT2D eigenvalue weighted by molar-refractivity contribution is 0.447. The average Bonchev–Trinajstić information content (AvgIpc) is 2.72. The van der Waals surface area contributed by atoms with Crippen LogP contribution in [0.25, 0.3) is 0 Å². The molecular formula is C12H20N2OS. The van der Waals surface area contributed by atoms with Crippen LogP contribution in [0, 0.1) is 6.92 Å². The molecule has 0 spiro atoms. The van der Waals surface area contributed by atoms with Crippen molar-refractivity contribution in [3.63, 3.8) is 0 Å². The fraction of sp³-hybridized carbons (Fsp3) is 0.667. The molecule has 3 nitrogen and oxygen atoms in total. The molecule has 1 aromatic heterocycles. The Morgan fingerprint density at radius 1 is 1.56 bits per heavy atom. The maximum absolute atomic E-state index is 5.49. The molecule has 1 aromatic rings. The zero-order valence-electron chi connectivity index (χ0n) is 9.79. The van der Waals surface area contributed by atoms with Crippen LogP contribution in [0.4, 0.5) is 0 Å². The number of furan rings is 1. The topological polar surface area (TPSA) is 37.2 Å². The first kappa shape index (κ1) is 12.0. The lowest BCUT2D eigenvalue weighted by Crippen LogP contribution is -2.39. The van der Waals surface area contributed by atoms with Gasteiger partial charge in [-0.05, 0) is 32.0 Å². The van der Waals surface area contributed by atoms with E-state index >= 15 is 0 Å². The monoisotopic (exact) mass is 240 g/mol. The van der Waals surface area contributed by atoms with Crippen LogP contribution in [0.3, 0.4) is 0 Å². The van der Waals surface area contributed by atoms with Gasteiger partial charge in [0.2, 0.25) is 0 Å².